The van der Waals surface area contributed by atoms with E-state index >= 15 is 0 Å². The zero-order chi connectivity index (χ0) is 33.3. The molecule has 5 N–H and O–H groups in total. The Morgan fingerprint density at radius 3 is 2.44 bits per heavy atom. The zero-order valence-corrected chi connectivity index (χ0v) is 27.4. The van der Waals surface area contributed by atoms with E-state index in [0.29, 0.717) is 12.8 Å². The average molecular weight is 687 g/mol. The van der Waals surface area contributed by atoms with E-state index in [4.69, 9.17) is 26.8 Å². The summed E-state index contributed by atoms with van der Waals surface area (Å²) in [5.74, 6) is -1.81. The number of likely N-dealkylation sites (tertiary alicyclic amines) is 1. The number of anilines is 2. The van der Waals surface area contributed by atoms with Crippen LogP contribution in [0.3, 0.4) is 0 Å². The van der Waals surface area contributed by atoms with Crippen molar-refractivity contribution in [2.24, 2.45) is 0 Å². The van der Waals surface area contributed by atoms with Crippen LogP contribution in [0.15, 0.2) is 47.4 Å². The van der Waals surface area contributed by atoms with Crippen LogP contribution in [0.2, 0.25) is 5.02 Å². The minimum atomic E-state index is -4.40. The third kappa shape index (κ3) is 9.85. The number of esters is 2. The Morgan fingerprint density at radius 2 is 1.82 bits per heavy atom. The number of nitrogens with two attached hydrogens (primary N) is 1. The lowest BCUT2D eigenvalue weighted by Crippen LogP contribution is -2.53. The molecule has 2 unspecified atom stereocenters. The fourth-order valence-corrected chi connectivity index (χ4v) is 7.11. The Kier molecular flexibility index (Phi) is 13.1. The SMILES string of the molecule is CCOC(=O)C1C[C@H](NS(=O)(=O)c2cc(NS(=O)[O-])c(N)cc2Cl)CN1C(=O)[C@H](C)N[C@@H](CCc1ccccc1)C(=O)OCC. The molecule has 1 aliphatic rings. The summed E-state index contributed by atoms with van der Waals surface area (Å²) in [6.45, 7) is 4.79. The van der Waals surface area contributed by atoms with Crippen molar-refractivity contribution in [2.75, 3.05) is 30.2 Å². The fourth-order valence-electron chi connectivity index (χ4n) is 4.95. The van der Waals surface area contributed by atoms with E-state index in [1.165, 1.54) is 4.90 Å². The predicted molar refractivity (Wildman–Crippen MR) is 167 cm³/mol. The fraction of sp³-hybridized carbons (Fsp3) is 0.464. The highest BCUT2D eigenvalue weighted by Gasteiger charge is 2.43. The Hall–Kier alpha value is -3.28. The molecule has 0 saturated carbocycles. The van der Waals surface area contributed by atoms with Gasteiger partial charge in [0.1, 0.15) is 17.0 Å². The van der Waals surface area contributed by atoms with Crippen LogP contribution in [-0.4, -0.2) is 83.9 Å². The molecule has 3 rings (SSSR count). The number of hydrogen-bond acceptors (Lipinski definition) is 11. The molecule has 1 aliphatic heterocycles. The maximum Gasteiger partial charge on any atom is 0.328 e. The van der Waals surface area contributed by atoms with Crippen LogP contribution in [-0.2, 0) is 51.6 Å². The third-order valence-electron chi connectivity index (χ3n) is 7.01. The molecule has 45 heavy (non-hydrogen) atoms. The van der Waals surface area contributed by atoms with E-state index in [0.717, 1.165) is 17.7 Å². The van der Waals surface area contributed by atoms with E-state index in [1.54, 1.807) is 20.8 Å². The second-order valence-corrected chi connectivity index (χ2v) is 13.0. The summed E-state index contributed by atoms with van der Waals surface area (Å²) in [5, 5.41) is 2.75. The van der Waals surface area contributed by atoms with Crippen molar-refractivity contribution >= 4 is 62.1 Å². The van der Waals surface area contributed by atoms with Crippen molar-refractivity contribution in [1.82, 2.24) is 14.9 Å². The molecule has 0 aliphatic carbocycles. The van der Waals surface area contributed by atoms with Gasteiger partial charge in [0.25, 0.3) is 0 Å². The van der Waals surface area contributed by atoms with Crippen molar-refractivity contribution in [1.29, 1.82) is 0 Å². The minimum Gasteiger partial charge on any atom is -0.755 e. The largest absolute Gasteiger partial charge is 0.755 e. The quantitative estimate of drug-likeness (QED) is 0.120. The van der Waals surface area contributed by atoms with E-state index in [2.05, 4.69) is 10.0 Å². The number of benzene rings is 2. The summed E-state index contributed by atoms with van der Waals surface area (Å²) < 4.78 is 63.8. The molecule has 1 amide bonds. The Morgan fingerprint density at radius 1 is 1.16 bits per heavy atom. The molecule has 0 spiro atoms. The van der Waals surface area contributed by atoms with Gasteiger partial charge in [0.15, 0.2) is 0 Å². The van der Waals surface area contributed by atoms with Gasteiger partial charge in [-0.1, -0.05) is 41.9 Å². The minimum absolute atomic E-state index is 0.0316. The van der Waals surface area contributed by atoms with Gasteiger partial charge in [-0.3, -0.25) is 19.1 Å². The second-order valence-electron chi connectivity index (χ2n) is 10.2. The molecule has 5 atom stereocenters. The van der Waals surface area contributed by atoms with Crippen molar-refractivity contribution in [3.8, 4) is 0 Å². The average Bonchev–Trinajstić information content (AvgIpc) is 3.39. The predicted octanol–water partition coefficient (Wildman–Crippen LogP) is 1.48. The summed E-state index contributed by atoms with van der Waals surface area (Å²) >= 11 is 3.36. The molecule has 1 heterocycles. The third-order valence-corrected chi connectivity index (χ3v) is 9.38. The highest BCUT2D eigenvalue weighted by molar-refractivity contribution is 7.89. The highest BCUT2D eigenvalue weighted by Crippen LogP contribution is 2.32. The van der Waals surface area contributed by atoms with Crippen LogP contribution in [0.4, 0.5) is 11.4 Å². The number of halogens is 1. The zero-order valence-electron chi connectivity index (χ0n) is 25.0. The molecule has 2 aromatic rings. The van der Waals surface area contributed by atoms with E-state index in [-0.39, 0.29) is 42.6 Å². The normalized spacial score (nSPS) is 18.6. The highest BCUT2D eigenvalue weighted by atomic mass is 35.5. The van der Waals surface area contributed by atoms with Crippen LogP contribution in [0.5, 0.6) is 0 Å². The molecular formula is C28H37ClN5O9S2-. The number of ether oxygens (including phenoxy) is 2. The van der Waals surface area contributed by atoms with Crippen LogP contribution in [0.25, 0.3) is 0 Å². The number of carbonyl (C=O) groups is 3. The number of amides is 1. The maximum absolute atomic E-state index is 13.7. The van der Waals surface area contributed by atoms with Crippen molar-refractivity contribution in [3.05, 3.63) is 53.1 Å². The molecular weight excluding hydrogens is 650 g/mol. The Balaban J connectivity index is 1.80. The van der Waals surface area contributed by atoms with Crippen LogP contribution < -0.4 is 20.5 Å². The number of carbonyl (C=O) groups excluding carboxylic acids is 3. The summed E-state index contributed by atoms with van der Waals surface area (Å²) in [7, 11) is -4.40. The second kappa shape index (κ2) is 16.3. The number of nitrogens with one attached hydrogen (secondary N) is 3. The molecule has 14 nitrogen and oxygen atoms in total. The van der Waals surface area contributed by atoms with Gasteiger partial charge in [-0.2, -0.15) is 0 Å². The summed E-state index contributed by atoms with van der Waals surface area (Å²) in [4.78, 5) is 40.1. The van der Waals surface area contributed by atoms with Crippen LogP contribution in [0.1, 0.15) is 39.2 Å². The lowest BCUT2D eigenvalue weighted by atomic mass is 10.0. The molecule has 0 bridgehead atoms. The molecule has 1 saturated heterocycles. The van der Waals surface area contributed by atoms with Crippen LogP contribution >= 0.6 is 11.6 Å². The first-order chi connectivity index (χ1) is 21.3. The van der Waals surface area contributed by atoms with Gasteiger partial charge in [-0.15, -0.1) is 0 Å². The number of sulfonamides is 1. The molecule has 0 radical (unpaired) electrons. The number of rotatable bonds is 15. The van der Waals surface area contributed by atoms with Gasteiger partial charge in [0.05, 0.1) is 35.7 Å². The summed E-state index contributed by atoms with van der Waals surface area (Å²) in [5.41, 5.74) is 6.45. The first-order valence-corrected chi connectivity index (χ1v) is 17.1. The van der Waals surface area contributed by atoms with Crippen molar-refractivity contribution in [3.63, 3.8) is 0 Å². The standard InChI is InChI=1S/C28H38ClN5O9S2/c1-4-42-27(36)22(12-11-18-9-7-6-8-10-18)31-17(3)26(35)34-16-19(13-24(34)28(37)43-5-2)33-45(40,41)25-15-23(32-44(38)39)21(30)14-20(25)29/h6-10,14-15,17,19,22,24,31-33H,4-5,11-13,16,30H2,1-3H3,(H,38,39)/p-1/t17-,19-,22-,24?/m0/s1. The van der Waals surface area contributed by atoms with E-state index < -0.39 is 68.2 Å². The molecule has 0 aromatic heterocycles. The summed E-state index contributed by atoms with van der Waals surface area (Å²) in [6.07, 6.45) is 0.754. The smallest absolute Gasteiger partial charge is 0.328 e. The Labute approximate surface area is 269 Å². The summed E-state index contributed by atoms with van der Waals surface area (Å²) in [6, 6.07) is 7.68. The van der Waals surface area contributed by atoms with E-state index in [9.17, 15) is 31.6 Å². The van der Waals surface area contributed by atoms with Gasteiger partial charge in [-0.25, -0.2) is 17.9 Å². The number of nitrogens with zero attached hydrogens (tertiary/aromatic N) is 1. The molecule has 2 aromatic carbocycles. The Bertz CT molecular complexity index is 1500. The van der Waals surface area contributed by atoms with Gasteiger partial charge in [-0.05, 0) is 57.7 Å². The van der Waals surface area contributed by atoms with Gasteiger partial charge >= 0.3 is 11.9 Å². The van der Waals surface area contributed by atoms with Crippen molar-refractivity contribution < 1.29 is 41.0 Å². The lowest BCUT2D eigenvalue weighted by Gasteiger charge is -2.28. The number of aryl methyl sites for hydroxylation is 1. The molecule has 248 valence electrons. The van der Waals surface area contributed by atoms with Gasteiger partial charge < -0.3 is 29.4 Å². The van der Waals surface area contributed by atoms with Gasteiger partial charge in [0.2, 0.25) is 15.9 Å². The number of nitrogen functional groups attached to an aromatic ring is 1. The van der Waals surface area contributed by atoms with Crippen molar-refractivity contribution in [2.45, 2.75) is 69.1 Å². The first-order valence-electron chi connectivity index (χ1n) is 14.2. The number of hydrogen-bond donors (Lipinski definition) is 4. The van der Waals surface area contributed by atoms with Crippen LogP contribution in [0, 0.1) is 0 Å². The monoisotopic (exact) mass is 686 g/mol. The van der Waals surface area contributed by atoms with Gasteiger partial charge in [0, 0.05) is 23.9 Å². The molecule has 1 fully saturated rings. The lowest BCUT2D eigenvalue weighted by molar-refractivity contribution is -0.154. The van der Waals surface area contributed by atoms with E-state index in [1.807, 2.05) is 35.1 Å². The topological polar surface area (TPSA) is 209 Å². The first kappa shape index (κ1) is 36.2. The molecule has 17 heteroatoms. The maximum atomic E-state index is 13.7.